The van der Waals surface area contributed by atoms with Crippen LogP contribution < -0.4 is 5.43 Å². The maximum absolute atomic E-state index is 4.48. The van der Waals surface area contributed by atoms with Crippen molar-refractivity contribution in [1.29, 1.82) is 0 Å². The van der Waals surface area contributed by atoms with E-state index in [1.54, 1.807) is 11.3 Å². The van der Waals surface area contributed by atoms with E-state index in [1.807, 2.05) is 51.4 Å². The Morgan fingerprint density at radius 1 is 1.27 bits per heavy atom. The van der Waals surface area contributed by atoms with E-state index in [0.29, 0.717) is 0 Å². The summed E-state index contributed by atoms with van der Waals surface area (Å²) < 4.78 is 3.96. The van der Waals surface area contributed by atoms with E-state index < -0.39 is 0 Å². The second-order valence-corrected chi connectivity index (χ2v) is 4.12. The Kier molecular flexibility index (Phi) is 1.96. The van der Waals surface area contributed by atoms with Crippen molar-refractivity contribution in [3.05, 3.63) is 48.0 Å². The smallest absolute Gasteiger partial charge is 0.193 e. The van der Waals surface area contributed by atoms with Crippen molar-refractivity contribution in [2.45, 2.75) is 6.54 Å². The van der Waals surface area contributed by atoms with Crippen LogP contribution in [0.15, 0.2) is 42.3 Å². The normalized spacial score (nSPS) is 10.9. The predicted molar refractivity (Wildman–Crippen MR) is 60.6 cm³/mol. The zero-order chi connectivity index (χ0) is 10.1. The molecule has 0 spiro atoms. The lowest BCUT2D eigenvalue weighted by Crippen LogP contribution is -2.11. The molecule has 0 saturated heterocycles. The van der Waals surface area contributed by atoms with Crippen LogP contribution in [0.1, 0.15) is 5.69 Å². The highest BCUT2D eigenvalue weighted by Crippen LogP contribution is 2.11. The summed E-state index contributed by atoms with van der Waals surface area (Å²) in [5, 5.41) is 2.03. The standard InChI is InChI=1S/C10H10N4S/c1-2-4-14(3-1)11-7-9-8-13-5-6-15-10(13)12-9/h1-6,8,11H,7H2. The van der Waals surface area contributed by atoms with E-state index in [0.717, 1.165) is 17.2 Å². The van der Waals surface area contributed by atoms with Gasteiger partial charge < -0.3 is 5.43 Å². The maximum atomic E-state index is 4.48. The van der Waals surface area contributed by atoms with Gasteiger partial charge in [-0.05, 0) is 12.1 Å². The zero-order valence-electron chi connectivity index (χ0n) is 8.00. The molecule has 0 aromatic carbocycles. The van der Waals surface area contributed by atoms with Crippen LogP contribution in [0.4, 0.5) is 0 Å². The van der Waals surface area contributed by atoms with Crippen molar-refractivity contribution in [3.8, 4) is 0 Å². The molecule has 15 heavy (non-hydrogen) atoms. The molecule has 0 unspecified atom stereocenters. The number of thiazole rings is 1. The molecule has 3 aromatic rings. The number of imidazole rings is 1. The lowest BCUT2D eigenvalue weighted by molar-refractivity contribution is 0.834. The molecular formula is C10H10N4S. The molecule has 0 aliphatic carbocycles. The highest BCUT2D eigenvalue weighted by Gasteiger charge is 2.01. The molecule has 0 saturated carbocycles. The summed E-state index contributed by atoms with van der Waals surface area (Å²) >= 11 is 1.65. The molecule has 3 heterocycles. The molecule has 0 radical (unpaired) electrons. The molecule has 3 aromatic heterocycles. The van der Waals surface area contributed by atoms with Gasteiger partial charge in [0.15, 0.2) is 4.96 Å². The van der Waals surface area contributed by atoms with Crippen LogP contribution in [-0.4, -0.2) is 14.1 Å². The monoisotopic (exact) mass is 218 g/mol. The predicted octanol–water partition coefficient (Wildman–Crippen LogP) is 1.94. The summed E-state index contributed by atoms with van der Waals surface area (Å²) in [5.74, 6) is 0. The Hall–Kier alpha value is -1.75. The average Bonchev–Trinajstić information content (AvgIpc) is 2.91. The van der Waals surface area contributed by atoms with Gasteiger partial charge in [0.25, 0.3) is 0 Å². The van der Waals surface area contributed by atoms with Crippen LogP contribution in [0.2, 0.25) is 0 Å². The second-order valence-electron chi connectivity index (χ2n) is 3.25. The molecule has 0 atom stereocenters. The molecule has 1 N–H and O–H groups in total. The van der Waals surface area contributed by atoms with Crippen molar-refractivity contribution in [3.63, 3.8) is 0 Å². The van der Waals surface area contributed by atoms with Crippen molar-refractivity contribution < 1.29 is 0 Å². The summed E-state index contributed by atoms with van der Waals surface area (Å²) in [7, 11) is 0. The lowest BCUT2D eigenvalue weighted by Gasteiger charge is -2.03. The van der Waals surface area contributed by atoms with E-state index >= 15 is 0 Å². The molecule has 4 nitrogen and oxygen atoms in total. The van der Waals surface area contributed by atoms with E-state index in [1.165, 1.54) is 0 Å². The van der Waals surface area contributed by atoms with Gasteiger partial charge in [0.2, 0.25) is 0 Å². The van der Waals surface area contributed by atoms with Crippen LogP contribution in [0, 0.1) is 0 Å². The Balaban J connectivity index is 1.75. The minimum atomic E-state index is 0.739. The third-order valence-corrected chi connectivity index (χ3v) is 2.96. The molecule has 3 rings (SSSR count). The first kappa shape index (κ1) is 8.55. The Morgan fingerprint density at radius 3 is 2.93 bits per heavy atom. The molecule has 76 valence electrons. The summed E-state index contributed by atoms with van der Waals surface area (Å²) in [6, 6.07) is 3.97. The maximum Gasteiger partial charge on any atom is 0.193 e. The summed E-state index contributed by atoms with van der Waals surface area (Å²) in [5.41, 5.74) is 4.29. The van der Waals surface area contributed by atoms with Gasteiger partial charge in [0.05, 0.1) is 12.2 Å². The average molecular weight is 218 g/mol. The van der Waals surface area contributed by atoms with Crippen LogP contribution >= 0.6 is 11.3 Å². The van der Waals surface area contributed by atoms with Gasteiger partial charge in [-0.25, -0.2) is 4.98 Å². The minimum absolute atomic E-state index is 0.739. The van der Waals surface area contributed by atoms with Crippen LogP contribution in [-0.2, 0) is 6.54 Å². The summed E-state index contributed by atoms with van der Waals surface area (Å²) in [4.78, 5) is 5.52. The van der Waals surface area contributed by atoms with E-state index in [9.17, 15) is 0 Å². The van der Waals surface area contributed by atoms with Gasteiger partial charge in [0.1, 0.15) is 0 Å². The molecule has 0 aliphatic heterocycles. The SMILES string of the molecule is c1ccn(NCc2cn3ccsc3n2)c1. The van der Waals surface area contributed by atoms with Crippen LogP contribution in [0.5, 0.6) is 0 Å². The van der Waals surface area contributed by atoms with E-state index in [4.69, 9.17) is 0 Å². The highest BCUT2D eigenvalue weighted by atomic mass is 32.1. The third kappa shape index (κ3) is 1.61. The van der Waals surface area contributed by atoms with Crippen LogP contribution in [0.3, 0.4) is 0 Å². The summed E-state index contributed by atoms with van der Waals surface area (Å²) in [6.07, 6.45) is 8.01. The number of fused-ring (bicyclic) bond motifs is 1. The fourth-order valence-electron chi connectivity index (χ4n) is 1.47. The number of hydrogen-bond donors (Lipinski definition) is 1. The van der Waals surface area contributed by atoms with Gasteiger partial charge in [-0.3, -0.25) is 9.08 Å². The largest absolute Gasteiger partial charge is 0.320 e. The lowest BCUT2D eigenvalue weighted by atomic mass is 10.5. The summed E-state index contributed by atoms with van der Waals surface area (Å²) in [6.45, 7) is 0.739. The van der Waals surface area contributed by atoms with Gasteiger partial charge in [0, 0.05) is 30.2 Å². The molecule has 0 bridgehead atoms. The number of nitrogens with zero attached hydrogens (tertiary/aromatic N) is 3. The highest BCUT2D eigenvalue weighted by molar-refractivity contribution is 7.15. The second kappa shape index (κ2) is 3.43. The van der Waals surface area contributed by atoms with Gasteiger partial charge in [-0.2, -0.15) is 0 Å². The van der Waals surface area contributed by atoms with Gasteiger partial charge in [-0.15, -0.1) is 11.3 Å². The third-order valence-electron chi connectivity index (χ3n) is 2.19. The van der Waals surface area contributed by atoms with Crippen molar-refractivity contribution in [1.82, 2.24) is 14.1 Å². The first-order chi connectivity index (χ1) is 7.42. The Bertz CT molecular complexity index is 520. The topological polar surface area (TPSA) is 34.3 Å². The van der Waals surface area contributed by atoms with Gasteiger partial charge >= 0.3 is 0 Å². The van der Waals surface area contributed by atoms with Crippen molar-refractivity contribution in [2.24, 2.45) is 0 Å². The first-order valence-electron chi connectivity index (χ1n) is 4.70. The fourth-order valence-corrected chi connectivity index (χ4v) is 2.19. The zero-order valence-corrected chi connectivity index (χ0v) is 8.81. The molecule has 0 fully saturated rings. The van der Waals surface area contributed by atoms with Gasteiger partial charge in [-0.1, -0.05) is 0 Å². The van der Waals surface area contributed by atoms with Crippen molar-refractivity contribution in [2.75, 3.05) is 5.43 Å². The number of nitrogens with one attached hydrogen (secondary N) is 1. The Morgan fingerprint density at radius 2 is 2.13 bits per heavy atom. The molecule has 0 amide bonds. The quantitative estimate of drug-likeness (QED) is 0.729. The molecular weight excluding hydrogens is 208 g/mol. The van der Waals surface area contributed by atoms with E-state index in [2.05, 4.69) is 10.4 Å². The number of hydrogen-bond acceptors (Lipinski definition) is 3. The van der Waals surface area contributed by atoms with E-state index in [-0.39, 0.29) is 0 Å². The molecule has 0 aliphatic rings. The fraction of sp³-hybridized carbons (Fsp3) is 0.100. The first-order valence-corrected chi connectivity index (χ1v) is 5.58. The number of rotatable bonds is 3. The minimum Gasteiger partial charge on any atom is -0.320 e. The Labute approximate surface area is 90.8 Å². The van der Waals surface area contributed by atoms with Crippen molar-refractivity contribution >= 4 is 16.3 Å². The van der Waals surface area contributed by atoms with Crippen LogP contribution in [0.25, 0.3) is 4.96 Å². The molecule has 5 heteroatoms. The number of aromatic nitrogens is 3.